The van der Waals surface area contributed by atoms with E-state index >= 15 is 0 Å². The number of aromatic nitrogens is 3. The molecule has 3 heterocycles. The van der Waals surface area contributed by atoms with Crippen molar-refractivity contribution >= 4 is 5.91 Å². The van der Waals surface area contributed by atoms with Gasteiger partial charge in [-0.05, 0) is 29.2 Å². The maximum Gasteiger partial charge on any atom is 0.284 e. The van der Waals surface area contributed by atoms with Gasteiger partial charge in [0.05, 0.1) is 29.2 Å². The highest BCUT2D eigenvalue weighted by Crippen LogP contribution is 2.35. The summed E-state index contributed by atoms with van der Waals surface area (Å²) in [5, 5.41) is 4.53. The van der Waals surface area contributed by atoms with Crippen molar-refractivity contribution in [2.45, 2.75) is 26.3 Å². The van der Waals surface area contributed by atoms with Gasteiger partial charge in [0, 0.05) is 19.7 Å². The molecule has 0 spiro atoms. The highest BCUT2D eigenvalue weighted by atomic mass is 19.2. The molecule has 0 atom stereocenters. The summed E-state index contributed by atoms with van der Waals surface area (Å²) >= 11 is 0. The average Bonchev–Trinajstić information content (AvgIpc) is 3.20. The number of pyridine rings is 1. The lowest BCUT2D eigenvalue weighted by molar-refractivity contribution is 0.0218. The number of aryl methyl sites for hydroxylation is 2. The number of nitrogens with zero attached hydrogens (tertiary/aromatic N) is 4. The van der Waals surface area contributed by atoms with Crippen molar-refractivity contribution < 1.29 is 9.28 Å². The topological polar surface area (TPSA) is 51.0 Å². The molecular formula is C20H19FN4O. The Kier molecular flexibility index (Phi) is 4.03. The molecule has 1 aliphatic heterocycles. The van der Waals surface area contributed by atoms with E-state index in [1.54, 1.807) is 10.9 Å². The standard InChI is InChI=1S/C20H19FN4O/c1-3-16-18-15(12-25(21)20(18)26)14(11-13-7-5-4-6-8-13)19(23-16)17-9-10-22-24(17)2/h4-10H,3,11-12H2,1-2H3. The van der Waals surface area contributed by atoms with E-state index in [4.69, 9.17) is 4.98 Å². The van der Waals surface area contributed by atoms with Crippen LogP contribution in [-0.2, 0) is 26.4 Å². The van der Waals surface area contributed by atoms with Gasteiger partial charge in [0.25, 0.3) is 5.91 Å². The number of hydrogen-bond donors (Lipinski definition) is 0. The molecule has 5 nitrogen and oxygen atoms in total. The SMILES string of the molecule is CCc1nc(-c2ccnn2C)c(Cc2ccccc2)c2c1C(=O)N(F)C2. The maximum absolute atomic E-state index is 14.1. The molecule has 0 saturated heterocycles. The highest BCUT2D eigenvalue weighted by Gasteiger charge is 2.35. The van der Waals surface area contributed by atoms with Crippen LogP contribution in [0.1, 0.15) is 39.7 Å². The van der Waals surface area contributed by atoms with Crippen molar-refractivity contribution in [3.63, 3.8) is 0 Å². The first-order valence-electron chi connectivity index (χ1n) is 8.64. The molecular weight excluding hydrogens is 331 g/mol. The number of carbonyl (C=O) groups is 1. The number of carbonyl (C=O) groups excluding carboxylic acids is 1. The average molecular weight is 350 g/mol. The van der Waals surface area contributed by atoms with Crippen LogP contribution in [-0.4, -0.2) is 25.8 Å². The van der Waals surface area contributed by atoms with Crippen LogP contribution in [0.3, 0.4) is 0 Å². The van der Waals surface area contributed by atoms with Gasteiger partial charge in [-0.1, -0.05) is 41.7 Å². The molecule has 0 unspecified atom stereocenters. The molecule has 6 heteroatoms. The lowest BCUT2D eigenvalue weighted by Crippen LogP contribution is -2.14. The van der Waals surface area contributed by atoms with Crippen LogP contribution < -0.4 is 0 Å². The minimum atomic E-state index is -0.588. The van der Waals surface area contributed by atoms with E-state index in [1.165, 1.54) is 0 Å². The maximum atomic E-state index is 14.1. The number of hydrogen-bond acceptors (Lipinski definition) is 3. The Labute approximate surface area is 151 Å². The summed E-state index contributed by atoms with van der Waals surface area (Å²) in [6.45, 7) is 1.90. The van der Waals surface area contributed by atoms with Crippen molar-refractivity contribution in [2.24, 2.45) is 7.05 Å². The number of benzene rings is 1. The quantitative estimate of drug-likeness (QED) is 0.677. The minimum absolute atomic E-state index is 0.0310. The molecule has 0 N–H and O–H groups in total. The molecule has 3 aromatic rings. The summed E-state index contributed by atoms with van der Waals surface area (Å²) in [5.41, 5.74) is 5.41. The molecule has 2 aromatic heterocycles. The van der Waals surface area contributed by atoms with E-state index in [0.29, 0.717) is 24.1 Å². The first-order chi connectivity index (χ1) is 12.6. The Morgan fingerprint density at radius 1 is 1.19 bits per heavy atom. The Morgan fingerprint density at radius 3 is 2.62 bits per heavy atom. The van der Waals surface area contributed by atoms with Crippen LogP contribution in [0.5, 0.6) is 0 Å². The van der Waals surface area contributed by atoms with Crippen LogP contribution in [0.2, 0.25) is 0 Å². The lowest BCUT2D eigenvalue weighted by Gasteiger charge is -2.16. The number of amides is 1. The zero-order valence-corrected chi connectivity index (χ0v) is 14.7. The van der Waals surface area contributed by atoms with Gasteiger partial charge in [-0.15, -0.1) is 0 Å². The second-order valence-corrected chi connectivity index (χ2v) is 6.42. The van der Waals surface area contributed by atoms with Crippen LogP contribution in [0.15, 0.2) is 42.6 Å². The molecule has 26 heavy (non-hydrogen) atoms. The van der Waals surface area contributed by atoms with Crippen LogP contribution in [0.25, 0.3) is 11.4 Å². The second kappa shape index (κ2) is 6.37. The van der Waals surface area contributed by atoms with Crippen molar-refractivity contribution in [1.82, 2.24) is 19.9 Å². The Morgan fingerprint density at radius 2 is 1.96 bits per heavy atom. The summed E-state index contributed by atoms with van der Waals surface area (Å²) in [6.07, 6.45) is 2.87. The summed E-state index contributed by atoms with van der Waals surface area (Å²) in [5.74, 6) is -0.588. The fourth-order valence-corrected chi connectivity index (χ4v) is 3.55. The summed E-state index contributed by atoms with van der Waals surface area (Å²) in [6, 6.07) is 11.8. The first kappa shape index (κ1) is 16.4. The molecule has 0 aliphatic carbocycles. The lowest BCUT2D eigenvalue weighted by atomic mass is 9.93. The van der Waals surface area contributed by atoms with E-state index in [-0.39, 0.29) is 11.7 Å². The molecule has 0 bridgehead atoms. The zero-order chi connectivity index (χ0) is 18.3. The largest absolute Gasteiger partial charge is 0.284 e. The Hall–Kier alpha value is -3.02. The summed E-state index contributed by atoms with van der Waals surface area (Å²) in [7, 11) is 1.86. The van der Waals surface area contributed by atoms with Gasteiger partial charge in [-0.2, -0.15) is 10.2 Å². The monoisotopic (exact) mass is 350 g/mol. The Balaban J connectivity index is 1.98. The van der Waals surface area contributed by atoms with Crippen LogP contribution in [0.4, 0.5) is 4.48 Å². The molecule has 1 amide bonds. The van der Waals surface area contributed by atoms with Gasteiger partial charge >= 0.3 is 0 Å². The number of fused-ring (bicyclic) bond motifs is 1. The van der Waals surface area contributed by atoms with E-state index < -0.39 is 5.91 Å². The molecule has 1 aliphatic rings. The van der Waals surface area contributed by atoms with Crippen molar-refractivity contribution in [3.05, 3.63) is 70.5 Å². The minimum Gasteiger partial charge on any atom is -0.266 e. The number of halogens is 1. The smallest absolute Gasteiger partial charge is 0.266 e. The summed E-state index contributed by atoms with van der Waals surface area (Å²) < 4.78 is 15.9. The predicted molar refractivity (Wildman–Crippen MR) is 96.0 cm³/mol. The zero-order valence-electron chi connectivity index (χ0n) is 14.7. The number of rotatable bonds is 4. The highest BCUT2D eigenvalue weighted by molar-refractivity contribution is 5.99. The van der Waals surface area contributed by atoms with Gasteiger partial charge in [0.15, 0.2) is 0 Å². The van der Waals surface area contributed by atoms with Crippen molar-refractivity contribution in [1.29, 1.82) is 0 Å². The third kappa shape index (κ3) is 2.58. The van der Waals surface area contributed by atoms with E-state index in [2.05, 4.69) is 5.10 Å². The summed E-state index contributed by atoms with van der Waals surface area (Å²) in [4.78, 5) is 17.1. The Bertz CT molecular complexity index is 981. The van der Waals surface area contributed by atoms with E-state index in [9.17, 15) is 9.28 Å². The van der Waals surface area contributed by atoms with Gasteiger partial charge < -0.3 is 0 Å². The first-order valence-corrected chi connectivity index (χ1v) is 8.64. The van der Waals surface area contributed by atoms with Gasteiger partial charge in [0.2, 0.25) is 0 Å². The fraction of sp³-hybridized carbons (Fsp3) is 0.250. The van der Waals surface area contributed by atoms with Crippen molar-refractivity contribution in [2.75, 3.05) is 0 Å². The predicted octanol–water partition coefficient (Wildman–Crippen LogP) is 3.48. The molecule has 0 fully saturated rings. The molecule has 132 valence electrons. The normalized spacial score (nSPS) is 13.3. The van der Waals surface area contributed by atoms with Crippen molar-refractivity contribution in [3.8, 4) is 11.4 Å². The van der Waals surface area contributed by atoms with Crippen LogP contribution in [0, 0.1) is 0 Å². The second-order valence-electron chi connectivity index (χ2n) is 6.42. The molecule has 0 saturated carbocycles. The van der Waals surface area contributed by atoms with Gasteiger partial charge in [-0.25, -0.2) is 0 Å². The van der Waals surface area contributed by atoms with Gasteiger partial charge in [-0.3, -0.25) is 14.5 Å². The van der Waals surface area contributed by atoms with Gasteiger partial charge in [0.1, 0.15) is 0 Å². The fourth-order valence-electron chi connectivity index (χ4n) is 3.55. The molecule has 0 radical (unpaired) electrons. The van der Waals surface area contributed by atoms with E-state index in [1.807, 2.05) is 50.4 Å². The van der Waals surface area contributed by atoms with Crippen LogP contribution >= 0.6 is 0 Å². The third-order valence-corrected chi connectivity index (χ3v) is 4.84. The van der Waals surface area contributed by atoms with E-state index in [0.717, 1.165) is 28.1 Å². The third-order valence-electron chi connectivity index (χ3n) is 4.84. The molecule has 4 rings (SSSR count). The molecule has 1 aromatic carbocycles.